The summed E-state index contributed by atoms with van der Waals surface area (Å²) in [5, 5.41) is 5.74. The monoisotopic (exact) mass is 358 g/mol. The Kier molecular flexibility index (Phi) is 5.54. The molecule has 0 bridgehead atoms. The van der Waals surface area contributed by atoms with Crippen molar-refractivity contribution >= 4 is 28.9 Å². The lowest BCUT2D eigenvalue weighted by molar-refractivity contribution is -0.137. The third kappa shape index (κ3) is 4.74. The number of rotatable bonds is 5. The second-order valence-electron chi connectivity index (χ2n) is 5.46. The molecule has 2 N–H and O–H groups in total. The van der Waals surface area contributed by atoms with E-state index in [0.717, 1.165) is 12.5 Å². The van der Waals surface area contributed by atoms with Gasteiger partial charge in [-0.3, -0.25) is 0 Å². The van der Waals surface area contributed by atoms with Crippen LogP contribution in [0.15, 0.2) is 24.3 Å². The van der Waals surface area contributed by atoms with E-state index < -0.39 is 11.7 Å². The van der Waals surface area contributed by atoms with Gasteiger partial charge in [0.1, 0.15) is 17.5 Å². The van der Waals surface area contributed by atoms with Gasteiger partial charge in [-0.25, -0.2) is 9.97 Å². The predicted molar refractivity (Wildman–Crippen MR) is 89.9 cm³/mol. The largest absolute Gasteiger partial charge is 0.417 e. The molecule has 130 valence electrons. The maximum atomic E-state index is 12.9. The highest BCUT2D eigenvalue weighted by molar-refractivity contribution is 6.31. The molecule has 0 aliphatic heterocycles. The van der Waals surface area contributed by atoms with Crippen LogP contribution in [0.4, 0.5) is 30.5 Å². The number of hydrogen-bond donors (Lipinski definition) is 2. The Balaban J connectivity index is 2.28. The van der Waals surface area contributed by atoms with Crippen molar-refractivity contribution in [3.8, 4) is 0 Å². The van der Waals surface area contributed by atoms with Gasteiger partial charge in [0, 0.05) is 17.8 Å². The van der Waals surface area contributed by atoms with Crippen molar-refractivity contribution < 1.29 is 13.2 Å². The van der Waals surface area contributed by atoms with E-state index in [1.165, 1.54) is 12.1 Å². The molecular weight excluding hydrogens is 341 g/mol. The number of nitrogens with zero attached hydrogens (tertiary/aromatic N) is 2. The second-order valence-corrected chi connectivity index (χ2v) is 5.86. The number of aromatic nitrogens is 2. The minimum absolute atomic E-state index is 0.222. The lowest BCUT2D eigenvalue weighted by atomic mass is 10.2. The quantitative estimate of drug-likeness (QED) is 0.750. The summed E-state index contributed by atoms with van der Waals surface area (Å²) in [6.45, 7) is 5.77. The summed E-state index contributed by atoms with van der Waals surface area (Å²) in [6.07, 6.45) is -3.60. The maximum Gasteiger partial charge on any atom is 0.417 e. The van der Waals surface area contributed by atoms with Crippen LogP contribution in [0.25, 0.3) is 0 Å². The van der Waals surface area contributed by atoms with Gasteiger partial charge in [-0.2, -0.15) is 13.2 Å². The van der Waals surface area contributed by atoms with Crippen LogP contribution in [0.5, 0.6) is 0 Å². The van der Waals surface area contributed by atoms with E-state index in [0.29, 0.717) is 17.5 Å². The fourth-order valence-corrected chi connectivity index (χ4v) is 2.25. The molecule has 1 unspecified atom stereocenters. The van der Waals surface area contributed by atoms with Crippen LogP contribution in [-0.4, -0.2) is 16.0 Å². The van der Waals surface area contributed by atoms with Crippen molar-refractivity contribution in [2.45, 2.75) is 39.4 Å². The first kappa shape index (κ1) is 18.3. The Labute approximate surface area is 143 Å². The fraction of sp³-hybridized carbons (Fsp3) is 0.375. The van der Waals surface area contributed by atoms with Crippen LogP contribution in [0, 0.1) is 6.92 Å². The Morgan fingerprint density at radius 1 is 1.17 bits per heavy atom. The first-order valence-electron chi connectivity index (χ1n) is 7.45. The number of benzene rings is 1. The van der Waals surface area contributed by atoms with Crippen molar-refractivity contribution in [1.82, 2.24) is 9.97 Å². The summed E-state index contributed by atoms with van der Waals surface area (Å²) in [4.78, 5) is 8.47. The summed E-state index contributed by atoms with van der Waals surface area (Å²) in [5.74, 6) is 1.53. The molecule has 0 radical (unpaired) electrons. The second kappa shape index (κ2) is 7.25. The zero-order chi connectivity index (χ0) is 17.9. The zero-order valence-corrected chi connectivity index (χ0v) is 14.3. The van der Waals surface area contributed by atoms with Gasteiger partial charge in [0.2, 0.25) is 0 Å². The Bertz CT molecular complexity index is 719. The summed E-state index contributed by atoms with van der Waals surface area (Å²) in [7, 11) is 0. The fourth-order valence-electron chi connectivity index (χ4n) is 2.03. The molecule has 1 atom stereocenters. The van der Waals surface area contributed by atoms with Crippen molar-refractivity contribution in [3.05, 3.63) is 40.7 Å². The summed E-state index contributed by atoms with van der Waals surface area (Å²) in [6, 6.07) is 5.51. The third-order valence-corrected chi connectivity index (χ3v) is 3.72. The molecule has 0 amide bonds. The highest BCUT2D eigenvalue weighted by Crippen LogP contribution is 2.36. The zero-order valence-electron chi connectivity index (χ0n) is 13.5. The van der Waals surface area contributed by atoms with Crippen molar-refractivity contribution in [1.29, 1.82) is 0 Å². The average molecular weight is 359 g/mol. The first-order valence-corrected chi connectivity index (χ1v) is 7.83. The lowest BCUT2D eigenvalue weighted by Gasteiger charge is -2.15. The van der Waals surface area contributed by atoms with E-state index in [-0.39, 0.29) is 16.8 Å². The minimum Gasteiger partial charge on any atom is -0.367 e. The van der Waals surface area contributed by atoms with Crippen LogP contribution in [0.2, 0.25) is 5.02 Å². The van der Waals surface area contributed by atoms with E-state index in [1.807, 2.05) is 13.8 Å². The molecule has 0 fully saturated rings. The molecule has 2 rings (SSSR count). The molecule has 24 heavy (non-hydrogen) atoms. The van der Waals surface area contributed by atoms with Gasteiger partial charge in [-0.1, -0.05) is 18.5 Å². The van der Waals surface area contributed by atoms with Crippen LogP contribution in [0.3, 0.4) is 0 Å². The summed E-state index contributed by atoms with van der Waals surface area (Å²) < 4.78 is 38.8. The van der Waals surface area contributed by atoms with E-state index in [1.54, 1.807) is 13.0 Å². The lowest BCUT2D eigenvalue weighted by Crippen LogP contribution is -2.15. The first-order chi connectivity index (χ1) is 11.2. The van der Waals surface area contributed by atoms with Crippen molar-refractivity contribution in [2.75, 3.05) is 10.6 Å². The number of alkyl halides is 3. The standard InChI is InChI=1S/C16H18ClF3N4/c1-4-9(2)21-14-8-15(23-10(3)22-14)24-11-5-6-13(17)12(7-11)16(18,19)20/h5-9H,4H2,1-3H3,(H2,21,22,23,24). The molecule has 4 nitrogen and oxygen atoms in total. The van der Waals surface area contributed by atoms with Gasteiger partial charge >= 0.3 is 6.18 Å². The molecule has 2 aromatic rings. The van der Waals surface area contributed by atoms with Crippen LogP contribution >= 0.6 is 11.6 Å². The molecule has 0 aliphatic rings. The van der Waals surface area contributed by atoms with Gasteiger partial charge in [-0.15, -0.1) is 0 Å². The molecule has 8 heteroatoms. The number of anilines is 3. The van der Waals surface area contributed by atoms with Gasteiger partial charge < -0.3 is 10.6 Å². The third-order valence-electron chi connectivity index (χ3n) is 3.39. The number of halogens is 4. The molecule has 1 aromatic heterocycles. The Morgan fingerprint density at radius 3 is 2.46 bits per heavy atom. The van der Waals surface area contributed by atoms with Gasteiger partial charge in [-0.05, 0) is 38.5 Å². The van der Waals surface area contributed by atoms with Crippen molar-refractivity contribution in [2.24, 2.45) is 0 Å². The summed E-state index contributed by atoms with van der Waals surface area (Å²) in [5.41, 5.74) is -0.641. The normalized spacial score (nSPS) is 12.8. The van der Waals surface area contributed by atoms with E-state index in [9.17, 15) is 13.2 Å². The molecule has 0 spiro atoms. The molecule has 0 saturated carbocycles. The van der Waals surface area contributed by atoms with Crippen LogP contribution in [-0.2, 0) is 6.18 Å². The molecule has 1 aromatic carbocycles. The Morgan fingerprint density at radius 2 is 1.83 bits per heavy atom. The number of hydrogen-bond acceptors (Lipinski definition) is 4. The van der Waals surface area contributed by atoms with Crippen LogP contribution in [0.1, 0.15) is 31.7 Å². The van der Waals surface area contributed by atoms with Gasteiger partial charge in [0.25, 0.3) is 0 Å². The summed E-state index contributed by atoms with van der Waals surface area (Å²) >= 11 is 5.62. The smallest absolute Gasteiger partial charge is 0.367 e. The highest BCUT2D eigenvalue weighted by Gasteiger charge is 2.33. The Hall–Kier alpha value is -2.02. The van der Waals surface area contributed by atoms with Crippen LogP contribution < -0.4 is 10.6 Å². The van der Waals surface area contributed by atoms with Crippen molar-refractivity contribution in [3.63, 3.8) is 0 Å². The number of aryl methyl sites for hydroxylation is 1. The molecule has 1 heterocycles. The minimum atomic E-state index is -4.51. The SMILES string of the molecule is CCC(C)Nc1cc(Nc2ccc(Cl)c(C(F)(F)F)c2)nc(C)n1. The highest BCUT2D eigenvalue weighted by atomic mass is 35.5. The van der Waals surface area contributed by atoms with E-state index in [2.05, 4.69) is 20.6 Å². The predicted octanol–water partition coefficient (Wildman–Crippen LogP) is 5.41. The molecule has 0 aliphatic carbocycles. The van der Waals surface area contributed by atoms with Gasteiger partial charge in [0.05, 0.1) is 10.6 Å². The maximum absolute atomic E-state index is 12.9. The topological polar surface area (TPSA) is 49.8 Å². The van der Waals surface area contributed by atoms with Gasteiger partial charge in [0.15, 0.2) is 0 Å². The molecule has 0 saturated heterocycles. The van der Waals surface area contributed by atoms with E-state index in [4.69, 9.17) is 11.6 Å². The average Bonchev–Trinajstić information content (AvgIpc) is 2.47. The number of nitrogens with one attached hydrogen (secondary N) is 2. The molecular formula is C16H18ClF3N4. The van der Waals surface area contributed by atoms with E-state index >= 15 is 0 Å².